The Balaban J connectivity index is 2.43. The fourth-order valence-corrected chi connectivity index (χ4v) is 2.51. The summed E-state index contributed by atoms with van der Waals surface area (Å²) in [5.74, 6) is -0.260. The lowest BCUT2D eigenvalue weighted by molar-refractivity contribution is -0.120. The molecule has 0 saturated heterocycles. The first kappa shape index (κ1) is 13.8. The molecule has 1 aliphatic heterocycles. The summed E-state index contributed by atoms with van der Waals surface area (Å²) in [4.78, 5) is 15.8. The van der Waals surface area contributed by atoms with E-state index in [0.717, 1.165) is 10.6 Å². The van der Waals surface area contributed by atoms with Crippen molar-refractivity contribution in [1.82, 2.24) is 5.06 Å². The number of benzene rings is 2. The Morgan fingerprint density at radius 2 is 1.90 bits per heavy atom. The molecule has 1 N–H and O–H groups in total. The fourth-order valence-electron chi connectivity index (χ4n) is 2.34. The Morgan fingerprint density at radius 3 is 2.67 bits per heavy atom. The van der Waals surface area contributed by atoms with E-state index in [-0.39, 0.29) is 18.9 Å². The first-order chi connectivity index (χ1) is 10.1. The van der Waals surface area contributed by atoms with Crippen LogP contribution in [0.4, 0.5) is 0 Å². The van der Waals surface area contributed by atoms with Crippen LogP contribution in [0.1, 0.15) is 12.0 Å². The molecule has 0 saturated carbocycles. The van der Waals surface area contributed by atoms with Crippen molar-refractivity contribution in [2.45, 2.75) is 6.42 Å². The lowest BCUT2D eigenvalue weighted by Gasteiger charge is -2.21. The van der Waals surface area contributed by atoms with E-state index in [4.69, 9.17) is 11.6 Å². The molecule has 0 radical (unpaired) electrons. The van der Waals surface area contributed by atoms with Gasteiger partial charge in [0.1, 0.15) is 0 Å². The van der Waals surface area contributed by atoms with E-state index in [0.29, 0.717) is 21.3 Å². The number of amides is 1. The molecule has 106 valence electrons. The summed E-state index contributed by atoms with van der Waals surface area (Å²) in [7, 11) is 0. The summed E-state index contributed by atoms with van der Waals surface area (Å²) in [6.07, 6.45) is 0.162. The predicted octanol–water partition coefficient (Wildman–Crippen LogP) is 1.74. The standard InChI is InChI=1S/C16H13ClN2O2/c17-12-6-7-14-13(10-12)16(11-4-2-1-3-5-11)19(21)9-8-15(20)18-14/h1-7,10,21H,8-9H2/b16-13-,18-14?. The minimum Gasteiger partial charge on any atom is -0.288 e. The number of hydroxylamine groups is 2. The van der Waals surface area contributed by atoms with Gasteiger partial charge >= 0.3 is 0 Å². The highest BCUT2D eigenvalue weighted by Crippen LogP contribution is 2.15. The van der Waals surface area contributed by atoms with Gasteiger partial charge in [0.05, 0.1) is 17.6 Å². The van der Waals surface area contributed by atoms with Crippen LogP contribution in [0.2, 0.25) is 5.02 Å². The Kier molecular flexibility index (Phi) is 3.73. The van der Waals surface area contributed by atoms with Crippen molar-refractivity contribution in [3.05, 3.63) is 69.7 Å². The van der Waals surface area contributed by atoms with Gasteiger partial charge in [0.15, 0.2) is 0 Å². The summed E-state index contributed by atoms with van der Waals surface area (Å²) >= 11 is 6.07. The molecule has 2 aromatic rings. The van der Waals surface area contributed by atoms with Crippen LogP contribution in [0, 0.1) is 0 Å². The van der Waals surface area contributed by atoms with Crippen LogP contribution < -0.4 is 10.6 Å². The summed E-state index contributed by atoms with van der Waals surface area (Å²) in [6, 6.07) is 14.6. The average Bonchev–Trinajstić information content (AvgIpc) is 2.48. The van der Waals surface area contributed by atoms with Gasteiger partial charge in [-0.25, -0.2) is 4.99 Å². The molecule has 0 bridgehead atoms. The Bertz CT molecular complexity index is 803. The normalized spacial score (nSPS) is 17.6. The van der Waals surface area contributed by atoms with Crippen LogP contribution in [0.3, 0.4) is 0 Å². The first-order valence-electron chi connectivity index (χ1n) is 6.58. The molecule has 0 fully saturated rings. The number of carbonyl (C=O) groups excluding carboxylic acids is 1. The molecule has 1 aliphatic rings. The largest absolute Gasteiger partial charge is 0.288 e. The van der Waals surface area contributed by atoms with Crippen molar-refractivity contribution in [2.75, 3.05) is 6.54 Å². The molecule has 1 amide bonds. The van der Waals surface area contributed by atoms with Gasteiger partial charge in [0, 0.05) is 22.2 Å². The van der Waals surface area contributed by atoms with Crippen molar-refractivity contribution in [1.29, 1.82) is 0 Å². The highest BCUT2D eigenvalue weighted by atomic mass is 35.5. The third-order valence-corrected chi connectivity index (χ3v) is 3.54. The molecule has 5 heteroatoms. The van der Waals surface area contributed by atoms with Gasteiger partial charge in [0.25, 0.3) is 0 Å². The van der Waals surface area contributed by atoms with Gasteiger partial charge in [-0.15, -0.1) is 0 Å². The van der Waals surface area contributed by atoms with Gasteiger partial charge in [0.2, 0.25) is 5.91 Å². The maximum absolute atomic E-state index is 11.7. The van der Waals surface area contributed by atoms with E-state index >= 15 is 0 Å². The van der Waals surface area contributed by atoms with Crippen LogP contribution in [0.25, 0.3) is 5.70 Å². The molecular weight excluding hydrogens is 288 g/mol. The molecule has 21 heavy (non-hydrogen) atoms. The molecule has 0 spiro atoms. The number of fused-ring (bicyclic) bond motifs is 1. The zero-order valence-electron chi connectivity index (χ0n) is 11.2. The van der Waals surface area contributed by atoms with Crippen LogP contribution >= 0.6 is 11.6 Å². The van der Waals surface area contributed by atoms with Crippen LogP contribution in [0.15, 0.2) is 53.5 Å². The lowest BCUT2D eigenvalue weighted by atomic mass is 10.1. The average molecular weight is 301 g/mol. The van der Waals surface area contributed by atoms with Gasteiger partial charge in [-0.2, -0.15) is 0 Å². The molecule has 0 aromatic heterocycles. The zero-order valence-corrected chi connectivity index (χ0v) is 11.9. The second-order valence-corrected chi connectivity index (χ2v) is 5.19. The Hall–Kier alpha value is -2.17. The van der Waals surface area contributed by atoms with Crippen molar-refractivity contribution in [3.63, 3.8) is 0 Å². The van der Waals surface area contributed by atoms with Crippen molar-refractivity contribution >= 4 is 23.2 Å². The second-order valence-electron chi connectivity index (χ2n) is 4.75. The molecule has 0 unspecified atom stereocenters. The van der Waals surface area contributed by atoms with Crippen LogP contribution in [-0.2, 0) is 4.79 Å². The third kappa shape index (κ3) is 2.82. The van der Waals surface area contributed by atoms with Gasteiger partial charge < -0.3 is 0 Å². The predicted molar refractivity (Wildman–Crippen MR) is 79.3 cm³/mol. The SMILES string of the molecule is O=C1CCN(O)/C(c2ccccc2)=c2/cc(Cl)ccc2=N1. The minimum atomic E-state index is -0.260. The first-order valence-corrected chi connectivity index (χ1v) is 6.96. The molecule has 0 atom stereocenters. The van der Waals surface area contributed by atoms with Gasteiger partial charge in [-0.05, 0) is 18.2 Å². The summed E-state index contributed by atoms with van der Waals surface area (Å²) in [5.41, 5.74) is 1.44. The fraction of sp³-hybridized carbons (Fsp3) is 0.125. The second kappa shape index (κ2) is 5.68. The number of hydrogen-bond acceptors (Lipinski definition) is 3. The molecule has 3 rings (SSSR count). The van der Waals surface area contributed by atoms with E-state index < -0.39 is 0 Å². The van der Waals surface area contributed by atoms with Gasteiger partial charge in [-0.1, -0.05) is 41.9 Å². The zero-order chi connectivity index (χ0) is 14.8. The van der Waals surface area contributed by atoms with Gasteiger partial charge in [-0.3, -0.25) is 15.1 Å². The van der Waals surface area contributed by atoms with E-state index in [2.05, 4.69) is 4.99 Å². The third-order valence-electron chi connectivity index (χ3n) is 3.30. The maximum atomic E-state index is 11.7. The molecule has 1 heterocycles. The Morgan fingerprint density at radius 1 is 1.14 bits per heavy atom. The van der Waals surface area contributed by atoms with Crippen molar-refractivity contribution < 1.29 is 10.0 Å². The molecule has 2 aromatic carbocycles. The summed E-state index contributed by atoms with van der Waals surface area (Å²) < 4.78 is 0. The summed E-state index contributed by atoms with van der Waals surface area (Å²) in [6.45, 7) is 0.193. The highest BCUT2D eigenvalue weighted by molar-refractivity contribution is 6.30. The van der Waals surface area contributed by atoms with Crippen LogP contribution in [-0.4, -0.2) is 22.7 Å². The lowest BCUT2D eigenvalue weighted by Crippen LogP contribution is -2.37. The van der Waals surface area contributed by atoms with Crippen LogP contribution in [0.5, 0.6) is 0 Å². The van der Waals surface area contributed by atoms with E-state index in [1.54, 1.807) is 18.2 Å². The highest BCUT2D eigenvalue weighted by Gasteiger charge is 2.16. The van der Waals surface area contributed by atoms with Crippen molar-refractivity contribution in [2.24, 2.45) is 4.99 Å². The number of nitrogens with zero attached hydrogens (tertiary/aromatic N) is 2. The Labute approximate surface area is 126 Å². The van der Waals surface area contributed by atoms with Crippen molar-refractivity contribution in [3.8, 4) is 0 Å². The minimum absolute atomic E-state index is 0.162. The molecular formula is C16H13ClN2O2. The maximum Gasteiger partial charge on any atom is 0.248 e. The topological polar surface area (TPSA) is 52.9 Å². The van der Waals surface area contributed by atoms with E-state index in [1.165, 1.54) is 0 Å². The smallest absolute Gasteiger partial charge is 0.248 e. The monoisotopic (exact) mass is 300 g/mol. The van der Waals surface area contributed by atoms with E-state index in [9.17, 15) is 10.0 Å². The number of hydrogen-bond donors (Lipinski definition) is 1. The molecule has 4 nitrogen and oxygen atoms in total. The molecule has 0 aliphatic carbocycles. The number of halogens is 1. The quantitative estimate of drug-likeness (QED) is 0.873. The number of carbonyl (C=O) groups is 1. The summed E-state index contributed by atoms with van der Waals surface area (Å²) in [5, 5.41) is 13.1. The number of rotatable bonds is 1. The van der Waals surface area contributed by atoms with E-state index in [1.807, 2.05) is 30.3 Å².